The Bertz CT molecular complexity index is 803. The van der Waals surface area contributed by atoms with Crippen LogP contribution in [0.25, 0.3) is 5.69 Å². The van der Waals surface area contributed by atoms with Crippen molar-refractivity contribution in [3.8, 4) is 5.69 Å². The van der Waals surface area contributed by atoms with Crippen molar-refractivity contribution in [2.24, 2.45) is 5.73 Å². The lowest BCUT2D eigenvalue weighted by Crippen LogP contribution is -2.43. The number of ether oxygens (including phenoxy) is 1. The molecule has 1 fully saturated rings. The summed E-state index contributed by atoms with van der Waals surface area (Å²) < 4.78 is 19.9. The number of nitrogens with zero attached hydrogens (tertiary/aromatic N) is 3. The van der Waals surface area contributed by atoms with Crippen molar-refractivity contribution in [2.45, 2.75) is 25.5 Å². The maximum Gasteiger partial charge on any atom is 0.258 e. The Hall–Kier alpha value is -2.74. The number of carbonyl (C=O) groups excluding carboxylic acids is 2. The summed E-state index contributed by atoms with van der Waals surface area (Å²) in [5, 5.41) is 4.22. The highest BCUT2D eigenvalue weighted by Gasteiger charge is 2.39. The van der Waals surface area contributed by atoms with E-state index in [4.69, 9.17) is 10.5 Å². The van der Waals surface area contributed by atoms with Gasteiger partial charge in [0.2, 0.25) is 5.91 Å². The largest absolute Gasteiger partial charge is 0.380 e. The Labute approximate surface area is 144 Å². The minimum absolute atomic E-state index is 0.228. The monoisotopic (exact) mass is 346 g/mol. The first-order chi connectivity index (χ1) is 11.9. The summed E-state index contributed by atoms with van der Waals surface area (Å²) in [5.74, 6) is -1.23. The Morgan fingerprint density at radius 3 is 2.60 bits per heavy atom. The molecule has 7 nitrogen and oxygen atoms in total. The van der Waals surface area contributed by atoms with Gasteiger partial charge in [-0.15, -0.1) is 0 Å². The summed E-state index contributed by atoms with van der Waals surface area (Å²) in [6, 6.07) is 5.10. The molecule has 8 heteroatoms. The predicted octanol–water partition coefficient (Wildman–Crippen LogP) is 1.03. The third-order valence-electron chi connectivity index (χ3n) is 4.50. The van der Waals surface area contributed by atoms with Gasteiger partial charge in [0.15, 0.2) is 0 Å². The smallest absolute Gasteiger partial charge is 0.258 e. The molecule has 1 aliphatic rings. The quantitative estimate of drug-likeness (QED) is 0.895. The zero-order valence-corrected chi connectivity index (χ0v) is 14.0. The van der Waals surface area contributed by atoms with Crippen molar-refractivity contribution >= 4 is 11.8 Å². The van der Waals surface area contributed by atoms with E-state index < -0.39 is 11.9 Å². The van der Waals surface area contributed by atoms with Gasteiger partial charge in [0, 0.05) is 20.1 Å². The Balaban J connectivity index is 1.90. The zero-order valence-electron chi connectivity index (χ0n) is 14.0. The van der Waals surface area contributed by atoms with Gasteiger partial charge in [-0.05, 0) is 31.2 Å². The number of likely N-dealkylation sites (tertiary alicyclic amines) is 1. The van der Waals surface area contributed by atoms with Crippen molar-refractivity contribution in [1.29, 1.82) is 0 Å². The van der Waals surface area contributed by atoms with Gasteiger partial charge in [0.1, 0.15) is 11.9 Å². The number of methoxy groups -OCH3 is 1. The van der Waals surface area contributed by atoms with Gasteiger partial charge in [-0.1, -0.05) is 0 Å². The summed E-state index contributed by atoms with van der Waals surface area (Å²) in [4.78, 5) is 26.0. The summed E-state index contributed by atoms with van der Waals surface area (Å²) >= 11 is 0. The van der Waals surface area contributed by atoms with Crippen LogP contribution in [-0.4, -0.2) is 52.3 Å². The van der Waals surface area contributed by atoms with E-state index in [1.807, 2.05) is 0 Å². The lowest BCUT2D eigenvalue weighted by Gasteiger charge is -2.21. The van der Waals surface area contributed by atoms with E-state index in [1.54, 1.807) is 23.7 Å². The average molecular weight is 346 g/mol. The van der Waals surface area contributed by atoms with Gasteiger partial charge in [0.25, 0.3) is 5.91 Å². The fourth-order valence-electron chi connectivity index (χ4n) is 3.08. The minimum atomic E-state index is -0.703. The van der Waals surface area contributed by atoms with Gasteiger partial charge in [-0.25, -0.2) is 9.07 Å². The molecule has 2 heterocycles. The molecule has 0 radical (unpaired) electrons. The number of amides is 2. The molecule has 1 aromatic carbocycles. The van der Waals surface area contributed by atoms with Crippen molar-refractivity contribution in [1.82, 2.24) is 14.7 Å². The molecular formula is C17H19FN4O3. The Kier molecular flexibility index (Phi) is 4.54. The SMILES string of the molecule is CO[C@H]1C[C@@H](C(N)=O)N(C(=O)c2cnn(-c3ccc(F)cc3)c2C)C1. The first-order valence-corrected chi connectivity index (χ1v) is 7.86. The standard InChI is InChI=1S/C17H19FN4O3/c1-10-14(8-20-22(10)12-5-3-11(18)4-6-12)17(24)21-9-13(25-2)7-15(21)16(19)23/h3-6,8,13,15H,7,9H2,1-2H3,(H2,19,23)/t13-,15-/m0/s1. The maximum absolute atomic E-state index is 13.1. The highest BCUT2D eigenvalue weighted by Crippen LogP contribution is 2.24. The van der Waals surface area contributed by atoms with Crippen LogP contribution in [0.3, 0.4) is 0 Å². The van der Waals surface area contributed by atoms with Crippen LogP contribution in [0.15, 0.2) is 30.5 Å². The predicted molar refractivity (Wildman–Crippen MR) is 87.7 cm³/mol. The highest BCUT2D eigenvalue weighted by atomic mass is 19.1. The average Bonchev–Trinajstić information content (AvgIpc) is 3.19. The number of halogens is 1. The number of hydrogen-bond donors (Lipinski definition) is 1. The number of primary amides is 1. The van der Waals surface area contributed by atoms with Gasteiger partial charge >= 0.3 is 0 Å². The number of carbonyl (C=O) groups is 2. The van der Waals surface area contributed by atoms with Crippen LogP contribution in [0.2, 0.25) is 0 Å². The summed E-state index contributed by atoms with van der Waals surface area (Å²) in [5.41, 5.74) is 7.03. The topological polar surface area (TPSA) is 90.4 Å². The highest BCUT2D eigenvalue weighted by molar-refractivity contribution is 5.98. The molecule has 1 aromatic heterocycles. The van der Waals surface area contributed by atoms with Crippen LogP contribution in [0.5, 0.6) is 0 Å². The second-order valence-electron chi connectivity index (χ2n) is 6.00. The molecule has 2 N–H and O–H groups in total. The van der Waals surface area contributed by atoms with Gasteiger partial charge < -0.3 is 15.4 Å². The van der Waals surface area contributed by atoms with E-state index in [2.05, 4.69) is 5.10 Å². The summed E-state index contributed by atoms with van der Waals surface area (Å²) in [6.07, 6.45) is 1.59. The van der Waals surface area contributed by atoms with Crippen molar-refractivity contribution in [2.75, 3.05) is 13.7 Å². The zero-order chi connectivity index (χ0) is 18.1. The van der Waals surface area contributed by atoms with Crippen LogP contribution < -0.4 is 5.73 Å². The molecule has 1 aliphatic heterocycles. The lowest BCUT2D eigenvalue weighted by atomic mass is 10.1. The molecule has 0 spiro atoms. The molecular weight excluding hydrogens is 327 g/mol. The van der Waals surface area contributed by atoms with E-state index in [1.165, 1.54) is 30.3 Å². The molecule has 132 valence electrons. The van der Waals surface area contributed by atoms with Crippen molar-refractivity contribution in [3.05, 3.63) is 47.5 Å². The molecule has 0 bridgehead atoms. The van der Waals surface area contributed by atoms with E-state index in [0.717, 1.165) is 0 Å². The van der Waals surface area contributed by atoms with Crippen LogP contribution in [-0.2, 0) is 9.53 Å². The molecule has 3 rings (SSSR count). The number of nitrogens with two attached hydrogens (primary N) is 1. The minimum Gasteiger partial charge on any atom is -0.380 e. The molecule has 1 saturated heterocycles. The fraction of sp³-hybridized carbons (Fsp3) is 0.353. The number of hydrogen-bond acceptors (Lipinski definition) is 4. The van der Waals surface area contributed by atoms with Crippen LogP contribution in [0, 0.1) is 12.7 Å². The van der Waals surface area contributed by atoms with E-state index in [0.29, 0.717) is 29.9 Å². The Morgan fingerprint density at radius 2 is 2.00 bits per heavy atom. The van der Waals surface area contributed by atoms with Gasteiger partial charge in [-0.3, -0.25) is 9.59 Å². The molecule has 2 atom stereocenters. The van der Waals surface area contributed by atoms with Gasteiger partial charge in [-0.2, -0.15) is 5.10 Å². The van der Waals surface area contributed by atoms with Crippen LogP contribution >= 0.6 is 0 Å². The molecule has 2 amide bonds. The third kappa shape index (κ3) is 3.12. The first kappa shape index (κ1) is 17.1. The Morgan fingerprint density at radius 1 is 1.32 bits per heavy atom. The van der Waals surface area contributed by atoms with Crippen LogP contribution in [0.4, 0.5) is 4.39 Å². The lowest BCUT2D eigenvalue weighted by molar-refractivity contribution is -0.121. The number of aromatic nitrogens is 2. The van der Waals surface area contributed by atoms with E-state index >= 15 is 0 Å². The molecule has 0 aliphatic carbocycles. The second-order valence-corrected chi connectivity index (χ2v) is 6.00. The number of rotatable bonds is 4. The summed E-state index contributed by atoms with van der Waals surface area (Å²) in [7, 11) is 1.54. The van der Waals surface area contributed by atoms with E-state index in [9.17, 15) is 14.0 Å². The van der Waals surface area contributed by atoms with Gasteiger partial charge in [0.05, 0.1) is 29.2 Å². The van der Waals surface area contributed by atoms with E-state index in [-0.39, 0.29) is 17.8 Å². The van der Waals surface area contributed by atoms with Crippen LogP contribution in [0.1, 0.15) is 22.5 Å². The molecule has 25 heavy (non-hydrogen) atoms. The fourth-order valence-corrected chi connectivity index (χ4v) is 3.08. The van der Waals surface area contributed by atoms with Crippen molar-refractivity contribution in [3.63, 3.8) is 0 Å². The second kappa shape index (κ2) is 6.64. The van der Waals surface area contributed by atoms with Crippen molar-refractivity contribution < 1.29 is 18.7 Å². The normalized spacial score (nSPS) is 20.0. The first-order valence-electron chi connectivity index (χ1n) is 7.86. The number of benzene rings is 1. The molecule has 0 saturated carbocycles. The maximum atomic E-state index is 13.1. The third-order valence-corrected chi connectivity index (χ3v) is 4.50. The molecule has 0 unspecified atom stereocenters. The summed E-state index contributed by atoms with van der Waals surface area (Å²) in [6.45, 7) is 2.04. The molecule has 2 aromatic rings.